The van der Waals surface area contributed by atoms with E-state index in [1.165, 1.54) is 5.56 Å². The van der Waals surface area contributed by atoms with Crippen molar-refractivity contribution in [1.29, 1.82) is 0 Å². The maximum atomic E-state index is 6.05. The largest absolute Gasteiger partial charge is 0.496 e. The first kappa shape index (κ1) is 14.9. The molecule has 0 bridgehead atoms. The fourth-order valence-electron chi connectivity index (χ4n) is 2.17. The number of hydrogen-bond donors (Lipinski definition) is 1. The molecule has 4 heteroatoms. The Kier molecular flexibility index (Phi) is 5.50. The average Bonchev–Trinajstić information content (AvgIpc) is 2.87. The van der Waals surface area contributed by atoms with Gasteiger partial charge < -0.3 is 14.6 Å². The molecule has 2 rings (SSSR count). The SMILES string of the molecule is CCCNCc1ccn(Cc2cc(Cl)ccc2OC)c1. The molecule has 0 aliphatic rings. The molecule has 0 unspecified atom stereocenters. The van der Waals surface area contributed by atoms with E-state index in [1.54, 1.807) is 7.11 Å². The molecule has 0 saturated heterocycles. The van der Waals surface area contributed by atoms with Gasteiger partial charge in [0.2, 0.25) is 0 Å². The number of nitrogens with one attached hydrogen (secondary N) is 1. The summed E-state index contributed by atoms with van der Waals surface area (Å²) in [5.41, 5.74) is 2.38. The second kappa shape index (κ2) is 7.36. The van der Waals surface area contributed by atoms with E-state index in [9.17, 15) is 0 Å². The maximum absolute atomic E-state index is 6.05. The summed E-state index contributed by atoms with van der Waals surface area (Å²) in [5.74, 6) is 0.869. The van der Waals surface area contributed by atoms with Crippen molar-refractivity contribution in [3.05, 3.63) is 52.8 Å². The molecule has 2 aromatic rings. The van der Waals surface area contributed by atoms with E-state index in [1.807, 2.05) is 18.2 Å². The predicted octanol–water partition coefficient (Wildman–Crippen LogP) is 3.70. The second-order valence-corrected chi connectivity index (χ2v) is 5.26. The van der Waals surface area contributed by atoms with Gasteiger partial charge in [0.25, 0.3) is 0 Å². The Hall–Kier alpha value is -1.45. The first-order valence-corrected chi connectivity index (χ1v) is 7.28. The highest BCUT2D eigenvalue weighted by molar-refractivity contribution is 6.30. The lowest BCUT2D eigenvalue weighted by atomic mass is 10.2. The summed E-state index contributed by atoms with van der Waals surface area (Å²) >= 11 is 6.05. The van der Waals surface area contributed by atoms with Gasteiger partial charge in [-0.2, -0.15) is 0 Å². The van der Waals surface area contributed by atoms with Crippen LogP contribution in [-0.2, 0) is 13.1 Å². The van der Waals surface area contributed by atoms with E-state index in [0.29, 0.717) is 0 Å². The molecule has 0 radical (unpaired) electrons. The summed E-state index contributed by atoms with van der Waals surface area (Å²) in [4.78, 5) is 0. The molecule has 0 aliphatic carbocycles. The molecule has 1 aromatic carbocycles. The third-order valence-corrected chi connectivity index (χ3v) is 3.40. The molecule has 0 fully saturated rings. The summed E-state index contributed by atoms with van der Waals surface area (Å²) < 4.78 is 7.52. The summed E-state index contributed by atoms with van der Waals surface area (Å²) in [7, 11) is 1.68. The Bertz CT molecular complexity index is 551. The van der Waals surface area contributed by atoms with Crippen LogP contribution in [0.25, 0.3) is 0 Å². The van der Waals surface area contributed by atoms with Gasteiger partial charge in [0, 0.05) is 29.5 Å². The van der Waals surface area contributed by atoms with Crippen molar-refractivity contribution in [2.24, 2.45) is 0 Å². The third-order valence-electron chi connectivity index (χ3n) is 3.16. The molecule has 0 amide bonds. The van der Waals surface area contributed by atoms with Crippen LogP contribution in [0.2, 0.25) is 5.02 Å². The normalized spacial score (nSPS) is 10.8. The summed E-state index contributed by atoms with van der Waals surface area (Å²) in [6, 6.07) is 7.85. The monoisotopic (exact) mass is 292 g/mol. The number of benzene rings is 1. The van der Waals surface area contributed by atoms with Gasteiger partial charge in [0.1, 0.15) is 5.75 Å². The van der Waals surface area contributed by atoms with Gasteiger partial charge in [-0.3, -0.25) is 0 Å². The van der Waals surface area contributed by atoms with Crippen LogP contribution in [0.1, 0.15) is 24.5 Å². The second-order valence-electron chi connectivity index (χ2n) is 4.83. The number of hydrogen-bond acceptors (Lipinski definition) is 2. The van der Waals surface area contributed by atoms with E-state index in [0.717, 1.165) is 42.4 Å². The minimum absolute atomic E-state index is 0.734. The molecular weight excluding hydrogens is 272 g/mol. The van der Waals surface area contributed by atoms with Crippen molar-refractivity contribution in [3.8, 4) is 5.75 Å². The van der Waals surface area contributed by atoms with E-state index in [4.69, 9.17) is 16.3 Å². The average molecular weight is 293 g/mol. The van der Waals surface area contributed by atoms with Gasteiger partial charge in [-0.15, -0.1) is 0 Å². The van der Waals surface area contributed by atoms with Crippen LogP contribution in [-0.4, -0.2) is 18.2 Å². The summed E-state index contributed by atoms with van der Waals surface area (Å²) in [6.07, 6.45) is 5.40. The zero-order valence-corrected chi connectivity index (χ0v) is 12.8. The maximum Gasteiger partial charge on any atom is 0.123 e. The molecule has 108 valence electrons. The highest BCUT2D eigenvalue weighted by Gasteiger charge is 2.05. The molecule has 1 N–H and O–H groups in total. The highest BCUT2D eigenvalue weighted by Crippen LogP contribution is 2.23. The molecule has 0 saturated carbocycles. The number of aromatic nitrogens is 1. The van der Waals surface area contributed by atoms with Crippen LogP contribution >= 0.6 is 11.6 Å². The van der Waals surface area contributed by atoms with Gasteiger partial charge in [-0.25, -0.2) is 0 Å². The van der Waals surface area contributed by atoms with Crippen LogP contribution < -0.4 is 10.1 Å². The molecule has 1 heterocycles. The van der Waals surface area contributed by atoms with Crippen molar-refractivity contribution in [2.75, 3.05) is 13.7 Å². The van der Waals surface area contributed by atoms with Crippen LogP contribution in [0.3, 0.4) is 0 Å². The Balaban J connectivity index is 2.04. The van der Waals surface area contributed by atoms with E-state index in [-0.39, 0.29) is 0 Å². The van der Waals surface area contributed by atoms with Crippen molar-refractivity contribution >= 4 is 11.6 Å². The molecule has 0 atom stereocenters. The lowest BCUT2D eigenvalue weighted by molar-refractivity contribution is 0.408. The molecular formula is C16H21ClN2O. The smallest absolute Gasteiger partial charge is 0.123 e. The van der Waals surface area contributed by atoms with Crippen molar-refractivity contribution < 1.29 is 4.74 Å². The van der Waals surface area contributed by atoms with Gasteiger partial charge >= 0.3 is 0 Å². The molecule has 3 nitrogen and oxygen atoms in total. The minimum Gasteiger partial charge on any atom is -0.496 e. The third kappa shape index (κ3) is 4.02. The quantitative estimate of drug-likeness (QED) is 0.788. The van der Waals surface area contributed by atoms with Crippen molar-refractivity contribution in [1.82, 2.24) is 9.88 Å². The highest BCUT2D eigenvalue weighted by atomic mass is 35.5. The van der Waals surface area contributed by atoms with E-state index < -0.39 is 0 Å². The zero-order chi connectivity index (χ0) is 14.4. The zero-order valence-electron chi connectivity index (χ0n) is 12.0. The molecule has 0 aliphatic heterocycles. The lowest BCUT2D eigenvalue weighted by Gasteiger charge is -2.09. The van der Waals surface area contributed by atoms with Crippen LogP contribution in [0.4, 0.5) is 0 Å². The minimum atomic E-state index is 0.734. The van der Waals surface area contributed by atoms with E-state index in [2.05, 4.69) is 35.3 Å². The Morgan fingerprint density at radius 2 is 2.15 bits per heavy atom. The Morgan fingerprint density at radius 3 is 2.90 bits per heavy atom. The number of halogens is 1. The van der Waals surface area contributed by atoms with E-state index >= 15 is 0 Å². The molecule has 0 spiro atoms. The number of rotatable bonds is 7. The van der Waals surface area contributed by atoms with Crippen molar-refractivity contribution in [3.63, 3.8) is 0 Å². The standard InChI is InChI=1S/C16H21ClN2O/c1-3-7-18-10-13-6-8-19(11-13)12-14-9-15(17)4-5-16(14)20-2/h4-6,8-9,11,18H,3,7,10,12H2,1-2H3. The first-order chi connectivity index (χ1) is 9.72. The van der Waals surface area contributed by atoms with Crippen LogP contribution in [0, 0.1) is 0 Å². The number of nitrogens with zero attached hydrogens (tertiary/aromatic N) is 1. The Morgan fingerprint density at radius 1 is 1.30 bits per heavy atom. The topological polar surface area (TPSA) is 26.2 Å². The van der Waals surface area contributed by atoms with Crippen molar-refractivity contribution in [2.45, 2.75) is 26.4 Å². The van der Waals surface area contributed by atoms with Gasteiger partial charge in [0.15, 0.2) is 0 Å². The fourth-order valence-corrected chi connectivity index (χ4v) is 2.37. The number of methoxy groups -OCH3 is 1. The van der Waals surface area contributed by atoms with Gasteiger partial charge in [0.05, 0.1) is 13.7 Å². The summed E-state index contributed by atoms with van der Waals surface area (Å²) in [6.45, 7) is 4.89. The first-order valence-electron chi connectivity index (χ1n) is 6.90. The molecule has 20 heavy (non-hydrogen) atoms. The lowest BCUT2D eigenvalue weighted by Crippen LogP contribution is -2.13. The fraction of sp³-hybridized carbons (Fsp3) is 0.375. The predicted molar refractivity (Wildman–Crippen MR) is 83.5 cm³/mol. The number of ether oxygens (including phenoxy) is 1. The molecule has 1 aromatic heterocycles. The van der Waals surface area contributed by atoms with Gasteiger partial charge in [-0.1, -0.05) is 18.5 Å². The Labute approximate surface area is 125 Å². The van der Waals surface area contributed by atoms with Gasteiger partial charge in [-0.05, 0) is 42.8 Å². The van der Waals surface area contributed by atoms with Crippen LogP contribution in [0.15, 0.2) is 36.7 Å². The summed E-state index contributed by atoms with van der Waals surface area (Å²) in [5, 5.41) is 4.14. The van der Waals surface area contributed by atoms with Crippen LogP contribution in [0.5, 0.6) is 5.75 Å².